The van der Waals surface area contributed by atoms with Gasteiger partial charge in [0.1, 0.15) is 4.64 Å². The molecule has 4 nitrogen and oxygen atoms in total. The topological polar surface area (TPSA) is 46.5 Å². The van der Waals surface area contributed by atoms with E-state index in [1.54, 1.807) is 4.68 Å². The van der Waals surface area contributed by atoms with Gasteiger partial charge in [-0.05, 0) is 37.5 Å². The van der Waals surface area contributed by atoms with Crippen molar-refractivity contribution in [1.82, 2.24) is 20.0 Å². The van der Waals surface area contributed by atoms with E-state index in [4.69, 9.17) is 12.2 Å². The Morgan fingerprint density at radius 1 is 1.35 bits per heavy atom. The standard InChI is InChI=1S/C12H16N4S/c1-8(2)6-10-7-12(17)16(15-10)11-5-4-9(3)13-14-11/h4-5,7-8,15H,6H2,1-3H3. The second kappa shape index (κ2) is 4.79. The molecule has 5 heteroatoms. The normalized spacial score (nSPS) is 11.1. The summed E-state index contributed by atoms with van der Waals surface area (Å²) >= 11 is 5.30. The molecule has 0 spiro atoms. The van der Waals surface area contributed by atoms with Gasteiger partial charge in [-0.1, -0.05) is 26.1 Å². The van der Waals surface area contributed by atoms with Gasteiger partial charge in [-0.2, -0.15) is 5.10 Å². The fourth-order valence-corrected chi connectivity index (χ4v) is 1.95. The largest absolute Gasteiger partial charge is 0.296 e. The Hall–Kier alpha value is -1.49. The lowest BCUT2D eigenvalue weighted by molar-refractivity contribution is 0.626. The number of aryl methyl sites for hydroxylation is 1. The molecule has 0 aliphatic rings. The molecule has 0 radical (unpaired) electrons. The smallest absolute Gasteiger partial charge is 0.175 e. The molecule has 2 heterocycles. The molecule has 17 heavy (non-hydrogen) atoms. The van der Waals surface area contributed by atoms with Gasteiger partial charge in [-0.15, -0.1) is 5.10 Å². The Bertz CT molecular complexity index is 551. The van der Waals surface area contributed by atoms with Crippen LogP contribution in [-0.2, 0) is 6.42 Å². The van der Waals surface area contributed by atoms with Crippen LogP contribution in [0.5, 0.6) is 0 Å². The molecule has 2 aromatic rings. The third-order valence-corrected chi connectivity index (χ3v) is 2.71. The summed E-state index contributed by atoms with van der Waals surface area (Å²) in [4.78, 5) is 0. The molecule has 0 bridgehead atoms. The van der Waals surface area contributed by atoms with Crippen LogP contribution in [0.4, 0.5) is 0 Å². The van der Waals surface area contributed by atoms with Crippen LogP contribution in [-0.4, -0.2) is 20.0 Å². The molecule has 0 aliphatic heterocycles. The van der Waals surface area contributed by atoms with Crippen molar-refractivity contribution in [2.24, 2.45) is 5.92 Å². The second-order valence-corrected chi connectivity index (χ2v) is 5.00. The predicted molar refractivity (Wildman–Crippen MR) is 69.8 cm³/mol. The van der Waals surface area contributed by atoms with Crippen molar-refractivity contribution < 1.29 is 0 Å². The minimum atomic E-state index is 0.598. The van der Waals surface area contributed by atoms with Crippen molar-refractivity contribution >= 4 is 12.2 Å². The van der Waals surface area contributed by atoms with Crippen LogP contribution in [0.1, 0.15) is 25.2 Å². The summed E-state index contributed by atoms with van der Waals surface area (Å²) in [6, 6.07) is 5.82. The van der Waals surface area contributed by atoms with E-state index >= 15 is 0 Å². The highest BCUT2D eigenvalue weighted by atomic mass is 32.1. The number of hydrogen-bond acceptors (Lipinski definition) is 3. The molecule has 0 saturated carbocycles. The van der Waals surface area contributed by atoms with Crippen LogP contribution in [0.3, 0.4) is 0 Å². The Morgan fingerprint density at radius 3 is 2.71 bits per heavy atom. The highest BCUT2D eigenvalue weighted by Crippen LogP contribution is 2.10. The minimum Gasteiger partial charge on any atom is -0.296 e. The van der Waals surface area contributed by atoms with Crippen molar-refractivity contribution in [3.05, 3.63) is 34.2 Å². The molecule has 2 rings (SSSR count). The average molecular weight is 248 g/mol. The molecular weight excluding hydrogens is 232 g/mol. The molecule has 0 saturated heterocycles. The van der Waals surface area contributed by atoms with E-state index in [1.807, 2.05) is 25.1 Å². The summed E-state index contributed by atoms with van der Waals surface area (Å²) in [7, 11) is 0. The molecular formula is C12H16N4S. The van der Waals surface area contributed by atoms with E-state index in [0.29, 0.717) is 5.92 Å². The van der Waals surface area contributed by atoms with Gasteiger partial charge in [0.25, 0.3) is 0 Å². The number of aromatic nitrogens is 4. The summed E-state index contributed by atoms with van der Waals surface area (Å²) in [5.74, 6) is 1.33. The SMILES string of the molecule is Cc1ccc(-n2[nH]c(CC(C)C)cc2=S)nn1. The first-order valence-electron chi connectivity index (χ1n) is 5.68. The lowest BCUT2D eigenvalue weighted by Gasteiger charge is -2.03. The highest BCUT2D eigenvalue weighted by Gasteiger charge is 2.05. The maximum atomic E-state index is 5.30. The van der Waals surface area contributed by atoms with Gasteiger partial charge in [0.15, 0.2) is 5.82 Å². The Morgan fingerprint density at radius 2 is 2.12 bits per heavy atom. The summed E-state index contributed by atoms with van der Waals surface area (Å²) in [5.41, 5.74) is 2.03. The van der Waals surface area contributed by atoms with Gasteiger partial charge in [0, 0.05) is 5.69 Å². The number of nitrogens with zero attached hydrogens (tertiary/aromatic N) is 3. The molecule has 0 amide bonds. The monoisotopic (exact) mass is 248 g/mol. The fourth-order valence-electron chi connectivity index (χ4n) is 1.67. The molecule has 0 atom stereocenters. The summed E-state index contributed by atoms with van der Waals surface area (Å²) in [6.07, 6.45) is 0.982. The first-order chi connectivity index (χ1) is 8.06. The summed E-state index contributed by atoms with van der Waals surface area (Å²) < 4.78 is 2.53. The lowest BCUT2D eigenvalue weighted by atomic mass is 10.1. The van der Waals surface area contributed by atoms with Crippen molar-refractivity contribution in [3.8, 4) is 5.82 Å². The van der Waals surface area contributed by atoms with E-state index in [9.17, 15) is 0 Å². The highest BCUT2D eigenvalue weighted by molar-refractivity contribution is 7.71. The van der Waals surface area contributed by atoms with Crippen molar-refractivity contribution in [2.75, 3.05) is 0 Å². The molecule has 0 fully saturated rings. The van der Waals surface area contributed by atoms with Crippen LogP contribution >= 0.6 is 12.2 Å². The van der Waals surface area contributed by atoms with E-state index in [2.05, 4.69) is 29.1 Å². The third-order valence-electron chi connectivity index (χ3n) is 2.41. The summed E-state index contributed by atoms with van der Waals surface area (Å²) in [6.45, 7) is 6.27. The second-order valence-electron chi connectivity index (χ2n) is 4.59. The molecule has 0 unspecified atom stereocenters. The number of hydrogen-bond donors (Lipinski definition) is 1. The van der Waals surface area contributed by atoms with Crippen molar-refractivity contribution in [1.29, 1.82) is 0 Å². The molecule has 0 aromatic carbocycles. The van der Waals surface area contributed by atoms with Crippen molar-refractivity contribution in [2.45, 2.75) is 27.2 Å². The number of aromatic amines is 1. The third kappa shape index (κ3) is 2.79. The van der Waals surface area contributed by atoms with Gasteiger partial charge in [0.2, 0.25) is 0 Å². The van der Waals surface area contributed by atoms with Crippen LogP contribution in [0.15, 0.2) is 18.2 Å². The maximum absolute atomic E-state index is 5.30. The quantitative estimate of drug-likeness (QED) is 0.850. The first-order valence-corrected chi connectivity index (χ1v) is 6.08. The number of H-pyrrole nitrogens is 1. The maximum Gasteiger partial charge on any atom is 0.175 e. The number of nitrogens with one attached hydrogen (secondary N) is 1. The summed E-state index contributed by atoms with van der Waals surface area (Å²) in [5, 5.41) is 11.4. The Kier molecular flexibility index (Phi) is 3.38. The van der Waals surface area contributed by atoms with Crippen LogP contribution < -0.4 is 0 Å². The first kappa shape index (κ1) is 12.0. The fraction of sp³-hybridized carbons (Fsp3) is 0.417. The number of rotatable bonds is 3. The molecule has 0 aliphatic carbocycles. The lowest BCUT2D eigenvalue weighted by Crippen LogP contribution is -2.03. The van der Waals surface area contributed by atoms with E-state index in [1.165, 1.54) is 0 Å². The Balaban J connectivity index is 2.36. The van der Waals surface area contributed by atoms with Gasteiger partial charge < -0.3 is 0 Å². The van der Waals surface area contributed by atoms with Gasteiger partial charge in [-0.25, -0.2) is 4.68 Å². The van der Waals surface area contributed by atoms with E-state index in [0.717, 1.165) is 28.3 Å². The zero-order valence-electron chi connectivity index (χ0n) is 10.3. The van der Waals surface area contributed by atoms with Crippen molar-refractivity contribution in [3.63, 3.8) is 0 Å². The predicted octanol–water partition coefficient (Wildman–Crippen LogP) is 2.83. The molecule has 2 aromatic heterocycles. The molecule has 1 N–H and O–H groups in total. The zero-order chi connectivity index (χ0) is 12.4. The van der Waals surface area contributed by atoms with Gasteiger partial charge in [0.05, 0.1) is 5.69 Å². The van der Waals surface area contributed by atoms with E-state index in [-0.39, 0.29) is 0 Å². The van der Waals surface area contributed by atoms with Crippen LogP contribution in [0, 0.1) is 17.5 Å². The van der Waals surface area contributed by atoms with Crippen LogP contribution in [0.2, 0.25) is 0 Å². The van der Waals surface area contributed by atoms with Gasteiger partial charge in [-0.3, -0.25) is 5.10 Å². The van der Waals surface area contributed by atoms with Gasteiger partial charge >= 0.3 is 0 Å². The Labute approximate surface area is 106 Å². The van der Waals surface area contributed by atoms with E-state index < -0.39 is 0 Å². The average Bonchev–Trinajstić information content (AvgIpc) is 2.59. The zero-order valence-corrected chi connectivity index (χ0v) is 11.1. The molecule has 90 valence electrons. The van der Waals surface area contributed by atoms with Crippen LogP contribution in [0.25, 0.3) is 5.82 Å². The minimum absolute atomic E-state index is 0.598.